The second kappa shape index (κ2) is 6.09. The van der Waals surface area contributed by atoms with E-state index in [2.05, 4.69) is 0 Å². The third-order valence-electron chi connectivity index (χ3n) is 4.23. The van der Waals surface area contributed by atoms with Crippen molar-refractivity contribution in [1.82, 2.24) is 9.80 Å². The summed E-state index contributed by atoms with van der Waals surface area (Å²) in [5.41, 5.74) is -0.00181. The number of piperidine rings is 1. The van der Waals surface area contributed by atoms with Gasteiger partial charge in [-0.3, -0.25) is 0 Å². The molecule has 0 aromatic heterocycles. The molecule has 110 valence electrons. The minimum Gasteiger partial charge on any atom is -0.381 e. The lowest BCUT2D eigenvalue weighted by molar-refractivity contribution is -0.146. The number of hydrogen-bond acceptors (Lipinski definition) is 3. The predicted molar refractivity (Wildman–Crippen MR) is 73.2 cm³/mol. The van der Waals surface area contributed by atoms with Gasteiger partial charge in [-0.15, -0.1) is 0 Å². The molecular formula is C14H26N2O3. The maximum absolute atomic E-state index is 12.2. The van der Waals surface area contributed by atoms with Crippen LogP contribution in [0.1, 0.15) is 26.2 Å². The van der Waals surface area contributed by atoms with E-state index >= 15 is 0 Å². The molecule has 0 spiro atoms. The van der Waals surface area contributed by atoms with Crippen molar-refractivity contribution in [1.29, 1.82) is 0 Å². The summed E-state index contributed by atoms with van der Waals surface area (Å²) in [6.45, 7) is 5.83. The van der Waals surface area contributed by atoms with E-state index in [-0.39, 0.29) is 17.6 Å². The molecule has 0 unspecified atom stereocenters. The van der Waals surface area contributed by atoms with Gasteiger partial charge in [0.15, 0.2) is 0 Å². The molecule has 0 aromatic carbocycles. The Labute approximate surface area is 115 Å². The largest absolute Gasteiger partial charge is 0.381 e. The van der Waals surface area contributed by atoms with Crippen LogP contribution in [0.4, 0.5) is 4.79 Å². The van der Waals surface area contributed by atoms with Gasteiger partial charge in [-0.25, -0.2) is 4.79 Å². The van der Waals surface area contributed by atoms with E-state index in [9.17, 15) is 4.79 Å². The number of ether oxygens (including phenoxy) is 2. The molecule has 0 radical (unpaired) electrons. The van der Waals surface area contributed by atoms with Crippen molar-refractivity contribution in [2.45, 2.75) is 32.3 Å². The minimum absolute atomic E-state index is 0.00181. The molecule has 0 aliphatic carbocycles. The third kappa shape index (κ3) is 3.03. The Morgan fingerprint density at radius 1 is 1.53 bits per heavy atom. The standard InChI is InChI=1S/C14H26N2O3/c1-4-18-11-14-7-5-9-19-12(14)6-8-16(10-14)13(17)15(2)3/h12H,4-11H2,1-3H3/t12-,14+/m1/s1. The number of carbonyl (C=O) groups excluding carboxylic acids is 1. The molecule has 2 aliphatic rings. The second-order valence-electron chi connectivity index (χ2n) is 5.85. The van der Waals surface area contributed by atoms with Crippen LogP contribution in [0.5, 0.6) is 0 Å². The minimum atomic E-state index is -0.00181. The summed E-state index contributed by atoms with van der Waals surface area (Å²) < 4.78 is 11.6. The van der Waals surface area contributed by atoms with Gasteiger partial charge in [0.25, 0.3) is 0 Å². The molecule has 2 aliphatic heterocycles. The Balaban J connectivity index is 2.09. The number of carbonyl (C=O) groups is 1. The highest BCUT2D eigenvalue weighted by atomic mass is 16.5. The Bertz CT molecular complexity index is 322. The second-order valence-corrected chi connectivity index (χ2v) is 5.85. The number of likely N-dealkylation sites (tertiary alicyclic amines) is 1. The topological polar surface area (TPSA) is 42.0 Å². The molecule has 0 saturated carbocycles. The number of hydrogen-bond donors (Lipinski definition) is 0. The summed E-state index contributed by atoms with van der Waals surface area (Å²) >= 11 is 0. The zero-order chi connectivity index (χ0) is 13.9. The van der Waals surface area contributed by atoms with E-state index in [1.807, 2.05) is 11.8 Å². The van der Waals surface area contributed by atoms with Crippen LogP contribution >= 0.6 is 0 Å². The van der Waals surface area contributed by atoms with Gasteiger partial charge in [0, 0.05) is 45.8 Å². The van der Waals surface area contributed by atoms with Crippen molar-refractivity contribution in [3.63, 3.8) is 0 Å². The molecule has 2 amide bonds. The van der Waals surface area contributed by atoms with Crippen LogP contribution in [0.15, 0.2) is 0 Å². The van der Waals surface area contributed by atoms with Gasteiger partial charge in [-0.05, 0) is 26.2 Å². The Kier molecular flexibility index (Phi) is 4.68. The normalized spacial score (nSPS) is 30.9. The Morgan fingerprint density at radius 2 is 2.32 bits per heavy atom. The fraction of sp³-hybridized carbons (Fsp3) is 0.929. The summed E-state index contributed by atoms with van der Waals surface area (Å²) in [5.74, 6) is 0. The molecular weight excluding hydrogens is 244 g/mol. The summed E-state index contributed by atoms with van der Waals surface area (Å²) in [7, 11) is 3.61. The first-order valence-corrected chi connectivity index (χ1v) is 7.24. The zero-order valence-electron chi connectivity index (χ0n) is 12.4. The van der Waals surface area contributed by atoms with Gasteiger partial charge in [0.2, 0.25) is 0 Å². The van der Waals surface area contributed by atoms with E-state index in [0.717, 1.165) is 45.6 Å². The van der Waals surface area contributed by atoms with Crippen molar-refractivity contribution in [3.05, 3.63) is 0 Å². The van der Waals surface area contributed by atoms with Gasteiger partial charge < -0.3 is 19.3 Å². The van der Waals surface area contributed by atoms with Crippen molar-refractivity contribution in [2.75, 3.05) is 47.0 Å². The number of amides is 2. The lowest BCUT2D eigenvalue weighted by atomic mass is 9.73. The predicted octanol–water partition coefficient (Wildman–Crippen LogP) is 1.58. The van der Waals surface area contributed by atoms with Crippen LogP contribution in [0, 0.1) is 5.41 Å². The lowest BCUT2D eigenvalue weighted by Gasteiger charge is -2.50. The van der Waals surface area contributed by atoms with Crippen LogP contribution in [0.3, 0.4) is 0 Å². The summed E-state index contributed by atoms with van der Waals surface area (Å²) in [6.07, 6.45) is 3.33. The fourth-order valence-electron chi connectivity index (χ4n) is 3.25. The highest BCUT2D eigenvalue weighted by Crippen LogP contribution is 2.40. The monoisotopic (exact) mass is 270 g/mol. The van der Waals surface area contributed by atoms with Crippen molar-refractivity contribution in [3.8, 4) is 0 Å². The first-order valence-electron chi connectivity index (χ1n) is 7.24. The lowest BCUT2D eigenvalue weighted by Crippen LogP contribution is -2.59. The van der Waals surface area contributed by atoms with Crippen molar-refractivity contribution in [2.24, 2.45) is 5.41 Å². The molecule has 0 aromatic rings. The molecule has 2 atom stereocenters. The number of nitrogens with zero attached hydrogens (tertiary/aromatic N) is 2. The molecule has 5 nitrogen and oxygen atoms in total. The maximum Gasteiger partial charge on any atom is 0.319 e. The van der Waals surface area contributed by atoms with Gasteiger partial charge in [0.1, 0.15) is 0 Å². The molecule has 5 heteroatoms. The molecule has 2 rings (SSSR count). The van der Waals surface area contributed by atoms with Crippen LogP contribution in [-0.2, 0) is 9.47 Å². The van der Waals surface area contributed by atoms with Crippen LogP contribution in [0.2, 0.25) is 0 Å². The molecule has 0 N–H and O–H groups in total. The average molecular weight is 270 g/mol. The van der Waals surface area contributed by atoms with E-state index in [0.29, 0.717) is 6.61 Å². The third-order valence-corrected chi connectivity index (χ3v) is 4.23. The average Bonchev–Trinajstić information content (AvgIpc) is 2.43. The van der Waals surface area contributed by atoms with Crippen LogP contribution < -0.4 is 0 Å². The number of fused-ring (bicyclic) bond motifs is 1. The van der Waals surface area contributed by atoms with Gasteiger partial charge >= 0.3 is 6.03 Å². The molecule has 19 heavy (non-hydrogen) atoms. The van der Waals surface area contributed by atoms with E-state index in [1.54, 1.807) is 19.0 Å². The first-order chi connectivity index (χ1) is 9.09. The highest BCUT2D eigenvalue weighted by molar-refractivity contribution is 5.74. The van der Waals surface area contributed by atoms with Crippen molar-refractivity contribution >= 4 is 6.03 Å². The molecule has 2 saturated heterocycles. The van der Waals surface area contributed by atoms with Gasteiger partial charge in [-0.2, -0.15) is 0 Å². The maximum atomic E-state index is 12.2. The van der Waals surface area contributed by atoms with Gasteiger partial charge in [-0.1, -0.05) is 0 Å². The smallest absolute Gasteiger partial charge is 0.319 e. The first kappa shape index (κ1) is 14.6. The van der Waals surface area contributed by atoms with E-state index < -0.39 is 0 Å². The van der Waals surface area contributed by atoms with E-state index in [4.69, 9.17) is 9.47 Å². The van der Waals surface area contributed by atoms with Crippen molar-refractivity contribution < 1.29 is 14.3 Å². The molecule has 2 fully saturated rings. The fourth-order valence-corrected chi connectivity index (χ4v) is 3.25. The summed E-state index contributed by atoms with van der Waals surface area (Å²) in [4.78, 5) is 15.8. The summed E-state index contributed by atoms with van der Waals surface area (Å²) in [6, 6.07) is 0.0971. The molecule has 0 bridgehead atoms. The Hall–Kier alpha value is -0.810. The zero-order valence-corrected chi connectivity index (χ0v) is 12.4. The Morgan fingerprint density at radius 3 is 3.00 bits per heavy atom. The SMILES string of the molecule is CCOC[C@@]12CCCO[C@@H]1CCN(C(=O)N(C)C)C2. The quantitative estimate of drug-likeness (QED) is 0.782. The van der Waals surface area contributed by atoms with E-state index in [1.165, 1.54) is 0 Å². The van der Waals surface area contributed by atoms with Crippen LogP contribution in [-0.4, -0.2) is 68.9 Å². The summed E-state index contributed by atoms with van der Waals surface area (Å²) in [5, 5.41) is 0. The van der Waals surface area contributed by atoms with Crippen LogP contribution in [0.25, 0.3) is 0 Å². The molecule has 2 heterocycles. The number of rotatable bonds is 3. The van der Waals surface area contributed by atoms with Gasteiger partial charge in [0.05, 0.1) is 12.7 Å². The highest BCUT2D eigenvalue weighted by Gasteiger charge is 2.47. The number of urea groups is 1.